The Morgan fingerprint density at radius 1 is 0.891 bits per heavy atom. The van der Waals surface area contributed by atoms with Crippen LogP contribution in [0.1, 0.15) is 35.6 Å². The lowest BCUT2D eigenvalue weighted by atomic mass is 9.66. The average Bonchev–Trinajstić information content (AvgIpc) is 3.64. The average molecular weight is 669 g/mol. The molecule has 250 valence electrons. The first-order chi connectivity index (χ1) is 22.0. The first kappa shape index (κ1) is 31.4. The Morgan fingerprint density at radius 2 is 1.57 bits per heavy atom. The zero-order valence-electron chi connectivity index (χ0n) is 24.8. The van der Waals surface area contributed by atoms with Crippen LogP contribution in [0, 0.1) is 11.8 Å². The van der Waals surface area contributed by atoms with Crippen LogP contribution in [0.3, 0.4) is 0 Å². The van der Waals surface area contributed by atoms with E-state index in [1.807, 2.05) is 0 Å². The quantitative estimate of drug-likeness (QED) is 0.241. The summed E-state index contributed by atoms with van der Waals surface area (Å²) in [5.41, 5.74) is 1.65. The van der Waals surface area contributed by atoms with E-state index >= 15 is 0 Å². The lowest BCUT2D eigenvalue weighted by Crippen LogP contribution is -2.63. The van der Waals surface area contributed by atoms with Gasteiger partial charge in [0, 0.05) is 11.8 Å². The lowest BCUT2D eigenvalue weighted by Gasteiger charge is -2.47. The SMILES string of the molecule is COc1cc([C@@H]2c3cc4c(cc3[C@@H](O[C@@H]3O[C@@H]5COC(C)O[C@H]5[C@H](O)[C@H]3O)[C@H]3COC(=O)[C@H]23)OCO4)cc(OC)c1OP(=O)(O)O. The molecule has 0 spiro atoms. The number of aliphatic hydroxyl groups is 2. The topological polar surface area (TPSA) is 207 Å². The van der Waals surface area contributed by atoms with Crippen LogP contribution in [-0.2, 0) is 33.0 Å². The van der Waals surface area contributed by atoms with Gasteiger partial charge in [-0.25, -0.2) is 4.57 Å². The molecule has 1 unspecified atom stereocenters. The number of esters is 1. The van der Waals surface area contributed by atoms with Crippen LogP contribution in [0.25, 0.3) is 0 Å². The van der Waals surface area contributed by atoms with Crippen molar-refractivity contribution in [2.24, 2.45) is 11.8 Å². The first-order valence-corrected chi connectivity index (χ1v) is 16.1. The maximum absolute atomic E-state index is 13.5. The van der Waals surface area contributed by atoms with Gasteiger partial charge in [-0.15, -0.1) is 0 Å². The summed E-state index contributed by atoms with van der Waals surface area (Å²) < 4.78 is 68.1. The molecule has 46 heavy (non-hydrogen) atoms. The maximum Gasteiger partial charge on any atom is 0.525 e. The number of benzene rings is 2. The number of carbonyl (C=O) groups excluding carboxylic acids is 1. The summed E-state index contributed by atoms with van der Waals surface area (Å²) in [4.78, 5) is 32.5. The number of rotatable bonds is 7. The third-order valence-corrected chi connectivity index (χ3v) is 9.36. The minimum absolute atomic E-state index is 0.0303. The monoisotopic (exact) mass is 668 g/mol. The van der Waals surface area contributed by atoms with E-state index in [2.05, 4.69) is 0 Å². The second-order valence-corrected chi connectivity index (χ2v) is 12.7. The van der Waals surface area contributed by atoms with E-state index in [9.17, 15) is 29.4 Å². The summed E-state index contributed by atoms with van der Waals surface area (Å²) in [5.74, 6) is -2.25. The van der Waals surface area contributed by atoms with Gasteiger partial charge in [-0.2, -0.15) is 0 Å². The molecule has 0 bridgehead atoms. The molecule has 0 saturated carbocycles. The number of fused-ring (bicyclic) bond motifs is 4. The number of phosphoric acid groups is 1. The molecule has 0 amide bonds. The molecule has 10 atom stereocenters. The molecule has 4 N–H and O–H groups in total. The predicted molar refractivity (Wildman–Crippen MR) is 149 cm³/mol. The van der Waals surface area contributed by atoms with Gasteiger partial charge < -0.3 is 57.4 Å². The number of phosphoric ester groups is 1. The van der Waals surface area contributed by atoms with Crippen molar-refractivity contribution in [1.82, 2.24) is 0 Å². The number of carbonyl (C=O) groups is 1. The summed E-state index contributed by atoms with van der Waals surface area (Å²) in [6.45, 7) is 1.72. The zero-order chi connectivity index (χ0) is 32.5. The number of cyclic esters (lactones) is 1. The molecule has 2 aromatic rings. The van der Waals surface area contributed by atoms with Gasteiger partial charge in [-0.05, 0) is 47.9 Å². The summed E-state index contributed by atoms with van der Waals surface area (Å²) in [5, 5.41) is 22.0. The van der Waals surface area contributed by atoms with Crippen molar-refractivity contribution >= 4 is 13.8 Å². The third kappa shape index (κ3) is 5.37. The summed E-state index contributed by atoms with van der Waals surface area (Å²) in [6, 6.07) is 6.47. The van der Waals surface area contributed by atoms with Crippen LogP contribution in [0.2, 0.25) is 0 Å². The number of methoxy groups -OCH3 is 2. The molecule has 17 heteroatoms. The van der Waals surface area contributed by atoms with E-state index in [4.69, 9.17) is 47.2 Å². The van der Waals surface area contributed by atoms with E-state index in [0.717, 1.165) is 0 Å². The van der Waals surface area contributed by atoms with Gasteiger partial charge in [-0.3, -0.25) is 14.6 Å². The van der Waals surface area contributed by atoms with Gasteiger partial charge in [0.25, 0.3) is 0 Å². The highest BCUT2D eigenvalue weighted by Crippen LogP contribution is 2.57. The van der Waals surface area contributed by atoms with Crippen LogP contribution in [0.4, 0.5) is 0 Å². The number of hydrogen-bond acceptors (Lipinski definition) is 14. The van der Waals surface area contributed by atoms with E-state index < -0.39 is 74.6 Å². The van der Waals surface area contributed by atoms with Crippen LogP contribution in [0.15, 0.2) is 24.3 Å². The largest absolute Gasteiger partial charge is 0.525 e. The maximum atomic E-state index is 13.5. The van der Waals surface area contributed by atoms with Crippen molar-refractivity contribution in [1.29, 1.82) is 0 Å². The molecule has 0 radical (unpaired) electrons. The highest BCUT2D eigenvalue weighted by molar-refractivity contribution is 7.46. The standard InChI is InChI=1S/C29H33O16P/c1-11-38-9-20-27(42-11)23(30)24(31)29(43-20)44-25-14-7-17-16(40-10-41-17)6-13(14)21(22-15(25)8-39-28(22)32)12-4-18(36-2)26(19(5-12)37-3)45-46(33,34)35/h4-7,11,15,20-25,27,29-31H,8-10H2,1-3H3,(H2,33,34,35)/t11?,15-,20+,21+,22-,23+,24+,25+,27+,29-/m0/s1. The minimum atomic E-state index is -5.00. The fourth-order valence-electron chi connectivity index (χ4n) is 6.93. The van der Waals surface area contributed by atoms with Gasteiger partial charge in [0.15, 0.2) is 35.6 Å². The highest BCUT2D eigenvalue weighted by Gasteiger charge is 2.56. The van der Waals surface area contributed by atoms with E-state index in [-0.39, 0.29) is 37.3 Å². The Balaban J connectivity index is 1.32. The first-order valence-electron chi connectivity index (χ1n) is 14.5. The zero-order valence-corrected chi connectivity index (χ0v) is 25.7. The molecule has 4 aliphatic heterocycles. The van der Waals surface area contributed by atoms with Crippen LogP contribution >= 0.6 is 7.82 Å². The van der Waals surface area contributed by atoms with E-state index in [0.29, 0.717) is 28.2 Å². The van der Waals surface area contributed by atoms with E-state index in [1.54, 1.807) is 19.1 Å². The molecule has 1 aliphatic carbocycles. The molecule has 5 aliphatic rings. The Hall–Kier alpha value is -3.18. The molecule has 3 saturated heterocycles. The molecule has 0 aromatic heterocycles. The van der Waals surface area contributed by atoms with Gasteiger partial charge >= 0.3 is 13.8 Å². The van der Waals surface area contributed by atoms with Gasteiger partial charge in [0.2, 0.25) is 12.5 Å². The molecular formula is C29H33O16P. The Bertz CT molecular complexity index is 1530. The van der Waals surface area contributed by atoms with Crippen molar-refractivity contribution in [2.75, 3.05) is 34.2 Å². The number of ether oxygens (including phenoxy) is 9. The van der Waals surface area contributed by atoms with Crippen molar-refractivity contribution in [3.05, 3.63) is 41.0 Å². The molecule has 3 fully saturated rings. The molecule has 4 heterocycles. The van der Waals surface area contributed by atoms with Crippen LogP contribution < -0.4 is 23.5 Å². The van der Waals surface area contributed by atoms with E-state index in [1.165, 1.54) is 26.4 Å². The highest BCUT2D eigenvalue weighted by atomic mass is 31.2. The second kappa shape index (κ2) is 11.8. The fourth-order valence-corrected chi connectivity index (χ4v) is 7.35. The summed E-state index contributed by atoms with van der Waals surface area (Å²) >= 11 is 0. The van der Waals surface area contributed by atoms with Crippen LogP contribution in [-0.4, -0.2) is 97.2 Å². The van der Waals surface area contributed by atoms with Crippen molar-refractivity contribution in [3.8, 4) is 28.7 Å². The lowest BCUT2D eigenvalue weighted by molar-refractivity contribution is -0.364. The Morgan fingerprint density at radius 3 is 2.22 bits per heavy atom. The fraction of sp³-hybridized carbons (Fsp3) is 0.552. The Kier molecular flexibility index (Phi) is 8.07. The predicted octanol–water partition coefficient (Wildman–Crippen LogP) is 1.10. The minimum Gasteiger partial charge on any atom is -0.493 e. The van der Waals surface area contributed by atoms with Gasteiger partial charge in [0.1, 0.15) is 24.4 Å². The summed E-state index contributed by atoms with van der Waals surface area (Å²) in [6.07, 6.45) is -7.18. The van der Waals surface area contributed by atoms with Gasteiger partial charge in [-0.1, -0.05) is 0 Å². The normalized spacial score (nSPS) is 34.6. The third-order valence-electron chi connectivity index (χ3n) is 8.94. The van der Waals surface area contributed by atoms with Crippen molar-refractivity contribution in [3.63, 3.8) is 0 Å². The molecule has 2 aromatic carbocycles. The molecule has 7 rings (SSSR count). The number of hydrogen-bond donors (Lipinski definition) is 4. The van der Waals surface area contributed by atoms with Crippen molar-refractivity contribution < 1.29 is 76.5 Å². The van der Waals surface area contributed by atoms with Crippen LogP contribution in [0.5, 0.6) is 28.7 Å². The smallest absolute Gasteiger partial charge is 0.493 e. The Labute approximate surface area is 262 Å². The second-order valence-electron chi connectivity index (χ2n) is 11.6. The summed E-state index contributed by atoms with van der Waals surface area (Å²) in [7, 11) is -2.40. The van der Waals surface area contributed by atoms with Gasteiger partial charge in [0.05, 0.1) is 39.5 Å². The number of aliphatic hydroxyl groups excluding tert-OH is 2. The molecular weight excluding hydrogens is 635 g/mol. The molecule has 16 nitrogen and oxygen atoms in total. The van der Waals surface area contributed by atoms with Crippen molar-refractivity contribution in [2.45, 2.75) is 55.9 Å².